The third-order valence-electron chi connectivity index (χ3n) is 2.20. The third-order valence-corrected chi connectivity index (χ3v) is 3.94. The standard InChI is InChI=1S/C11H10O4S/c12-11-6-9(7-15-11)8-16(13,14)10-4-2-1-3-5-10/h1-6H,7-8H2. The zero-order chi connectivity index (χ0) is 11.6. The van der Waals surface area contributed by atoms with Gasteiger partial charge in [0.25, 0.3) is 0 Å². The van der Waals surface area contributed by atoms with Crippen LogP contribution in [0.1, 0.15) is 0 Å². The van der Waals surface area contributed by atoms with E-state index in [1.807, 2.05) is 0 Å². The minimum absolute atomic E-state index is 0.0743. The predicted octanol–water partition coefficient (Wildman–Crippen LogP) is 0.944. The van der Waals surface area contributed by atoms with Gasteiger partial charge in [0.2, 0.25) is 0 Å². The van der Waals surface area contributed by atoms with Crippen LogP contribution in [-0.2, 0) is 19.4 Å². The Morgan fingerprint density at radius 1 is 1.19 bits per heavy atom. The van der Waals surface area contributed by atoms with Crippen LogP contribution in [0.5, 0.6) is 0 Å². The molecule has 0 aliphatic carbocycles. The zero-order valence-corrected chi connectivity index (χ0v) is 9.24. The van der Waals surface area contributed by atoms with Crippen molar-refractivity contribution in [3.63, 3.8) is 0 Å². The molecule has 1 heterocycles. The normalized spacial score (nSPS) is 15.8. The van der Waals surface area contributed by atoms with E-state index in [0.717, 1.165) is 0 Å². The van der Waals surface area contributed by atoms with E-state index in [1.165, 1.54) is 18.2 Å². The maximum absolute atomic E-state index is 11.9. The fourth-order valence-electron chi connectivity index (χ4n) is 1.45. The van der Waals surface area contributed by atoms with E-state index in [-0.39, 0.29) is 17.3 Å². The monoisotopic (exact) mass is 238 g/mol. The molecule has 0 saturated carbocycles. The summed E-state index contributed by atoms with van der Waals surface area (Å²) in [5.41, 5.74) is 0.494. The maximum Gasteiger partial charge on any atom is 0.331 e. The number of carbonyl (C=O) groups excluding carboxylic acids is 1. The fourth-order valence-corrected chi connectivity index (χ4v) is 2.85. The van der Waals surface area contributed by atoms with E-state index in [1.54, 1.807) is 18.2 Å². The quantitative estimate of drug-likeness (QED) is 0.735. The number of cyclic esters (lactones) is 1. The van der Waals surface area contributed by atoms with Crippen LogP contribution in [0.4, 0.5) is 0 Å². The van der Waals surface area contributed by atoms with Crippen LogP contribution in [0.2, 0.25) is 0 Å². The molecular weight excluding hydrogens is 228 g/mol. The summed E-state index contributed by atoms with van der Waals surface area (Å²) in [5.74, 6) is -0.638. The Morgan fingerprint density at radius 2 is 1.88 bits per heavy atom. The Balaban J connectivity index is 2.22. The van der Waals surface area contributed by atoms with Gasteiger partial charge >= 0.3 is 5.97 Å². The van der Waals surface area contributed by atoms with E-state index in [2.05, 4.69) is 4.74 Å². The van der Waals surface area contributed by atoms with E-state index in [4.69, 9.17) is 0 Å². The second kappa shape index (κ2) is 4.09. The first-order chi connectivity index (χ1) is 7.58. The van der Waals surface area contributed by atoms with Crippen LogP contribution < -0.4 is 0 Å². The molecule has 1 aromatic rings. The molecule has 0 atom stereocenters. The lowest BCUT2D eigenvalue weighted by atomic mass is 10.3. The molecule has 5 heteroatoms. The van der Waals surface area contributed by atoms with E-state index < -0.39 is 15.8 Å². The number of hydrogen-bond donors (Lipinski definition) is 0. The topological polar surface area (TPSA) is 60.4 Å². The van der Waals surface area contributed by atoms with Gasteiger partial charge in [-0.1, -0.05) is 18.2 Å². The fraction of sp³-hybridized carbons (Fsp3) is 0.182. The van der Waals surface area contributed by atoms with Crippen molar-refractivity contribution >= 4 is 15.8 Å². The molecule has 16 heavy (non-hydrogen) atoms. The molecule has 0 amide bonds. The van der Waals surface area contributed by atoms with Crippen LogP contribution in [0.25, 0.3) is 0 Å². The van der Waals surface area contributed by atoms with Crippen LogP contribution >= 0.6 is 0 Å². The number of sulfone groups is 1. The molecule has 0 saturated heterocycles. The molecule has 0 bridgehead atoms. The Morgan fingerprint density at radius 3 is 2.44 bits per heavy atom. The molecule has 4 nitrogen and oxygen atoms in total. The van der Waals surface area contributed by atoms with Gasteiger partial charge in [-0.2, -0.15) is 0 Å². The lowest BCUT2D eigenvalue weighted by molar-refractivity contribution is -0.134. The van der Waals surface area contributed by atoms with E-state index in [0.29, 0.717) is 5.57 Å². The highest BCUT2D eigenvalue weighted by Crippen LogP contribution is 2.16. The van der Waals surface area contributed by atoms with Gasteiger partial charge in [-0.15, -0.1) is 0 Å². The van der Waals surface area contributed by atoms with Crippen LogP contribution in [0.3, 0.4) is 0 Å². The lowest BCUT2D eigenvalue weighted by Gasteiger charge is -2.03. The summed E-state index contributed by atoms with van der Waals surface area (Å²) in [5, 5.41) is 0. The van der Waals surface area contributed by atoms with Crippen molar-refractivity contribution in [1.29, 1.82) is 0 Å². The van der Waals surface area contributed by atoms with Crippen molar-refractivity contribution < 1.29 is 17.9 Å². The first-order valence-corrected chi connectivity index (χ1v) is 6.37. The molecule has 1 aromatic carbocycles. The van der Waals surface area contributed by atoms with Crippen molar-refractivity contribution in [2.75, 3.05) is 12.4 Å². The molecule has 2 rings (SSSR count). The number of rotatable bonds is 3. The Labute approximate surface area is 93.5 Å². The number of ether oxygens (including phenoxy) is 1. The minimum atomic E-state index is -3.37. The first-order valence-electron chi connectivity index (χ1n) is 4.72. The van der Waals surface area contributed by atoms with E-state index >= 15 is 0 Å². The minimum Gasteiger partial charge on any atom is -0.458 e. The van der Waals surface area contributed by atoms with E-state index in [9.17, 15) is 13.2 Å². The highest BCUT2D eigenvalue weighted by Gasteiger charge is 2.21. The zero-order valence-electron chi connectivity index (χ0n) is 8.42. The lowest BCUT2D eigenvalue weighted by Crippen LogP contribution is -2.09. The van der Waals surface area contributed by atoms with Crippen molar-refractivity contribution in [1.82, 2.24) is 0 Å². The molecule has 0 unspecified atom stereocenters. The summed E-state index contributed by atoms with van der Waals surface area (Å²) in [6.07, 6.45) is 1.24. The molecule has 0 radical (unpaired) electrons. The molecule has 1 aliphatic rings. The summed E-state index contributed by atoms with van der Waals surface area (Å²) < 4.78 is 28.4. The highest BCUT2D eigenvalue weighted by molar-refractivity contribution is 7.91. The Kier molecular flexibility index (Phi) is 2.78. The van der Waals surface area contributed by atoms with Gasteiger partial charge in [0, 0.05) is 6.08 Å². The second-order valence-corrected chi connectivity index (χ2v) is 5.47. The average Bonchev–Trinajstić information content (AvgIpc) is 2.64. The maximum atomic E-state index is 11.9. The summed E-state index contributed by atoms with van der Waals surface area (Å²) in [6, 6.07) is 8.15. The first kappa shape index (κ1) is 10.9. The van der Waals surface area contributed by atoms with Gasteiger partial charge in [0.15, 0.2) is 9.84 Å². The summed E-state index contributed by atoms with van der Waals surface area (Å²) in [4.78, 5) is 11.0. The van der Waals surface area contributed by atoms with Gasteiger partial charge < -0.3 is 4.74 Å². The molecule has 0 fully saturated rings. The van der Waals surface area contributed by atoms with Gasteiger partial charge in [0.05, 0.1) is 10.6 Å². The molecule has 84 valence electrons. The van der Waals surface area contributed by atoms with Crippen molar-refractivity contribution in [3.8, 4) is 0 Å². The molecule has 0 N–H and O–H groups in total. The van der Waals surface area contributed by atoms with Gasteiger partial charge in [0.1, 0.15) is 6.61 Å². The van der Waals surface area contributed by atoms with Crippen molar-refractivity contribution in [2.24, 2.45) is 0 Å². The Bertz CT molecular complexity index is 528. The van der Waals surface area contributed by atoms with Gasteiger partial charge in [-0.25, -0.2) is 13.2 Å². The number of benzene rings is 1. The summed E-state index contributed by atoms with van der Waals surface area (Å²) in [6.45, 7) is 0.0743. The SMILES string of the molecule is O=C1C=C(CS(=O)(=O)c2ccccc2)CO1. The average molecular weight is 238 g/mol. The summed E-state index contributed by atoms with van der Waals surface area (Å²) >= 11 is 0. The number of hydrogen-bond acceptors (Lipinski definition) is 4. The largest absolute Gasteiger partial charge is 0.458 e. The number of esters is 1. The molecule has 0 aromatic heterocycles. The summed E-state index contributed by atoms with van der Waals surface area (Å²) in [7, 11) is -3.37. The third kappa shape index (κ3) is 2.30. The smallest absolute Gasteiger partial charge is 0.331 e. The van der Waals surface area contributed by atoms with Gasteiger partial charge in [-0.05, 0) is 17.7 Å². The van der Waals surface area contributed by atoms with Gasteiger partial charge in [-0.3, -0.25) is 0 Å². The predicted molar refractivity (Wildman–Crippen MR) is 57.5 cm³/mol. The van der Waals surface area contributed by atoms with Crippen molar-refractivity contribution in [3.05, 3.63) is 42.0 Å². The van der Waals surface area contributed by atoms with Crippen molar-refractivity contribution in [2.45, 2.75) is 4.90 Å². The molecule has 0 spiro atoms. The molecular formula is C11H10O4S. The van der Waals surface area contributed by atoms with Crippen LogP contribution in [-0.4, -0.2) is 26.7 Å². The number of carbonyl (C=O) groups is 1. The second-order valence-electron chi connectivity index (χ2n) is 3.48. The van der Waals surface area contributed by atoms with Crippen LogP contribution in [0.15, 0.2) is 46.9 Å². The molecule has 1 aliphatic heterocycles. The van der Waals surface area contributed by atoms with Crippen LogP contribution in [0, 0.1) is 0 Å². The highest BCUT2D eigenvalue weighted by atomic mass is 32.2. The Hall–Kier alpha value is -1.62.